The molecule has 0 aliphatic rings. The Labute approximate surface area is 192 Å². The molecule has 0 bridgehead atoms. The molecule has 0 spiro atoms. The molecule has 10 heteroatoms. The zero-order valence-corrected chi connectivity index (χ0v) is 20.0. The molecule has 0 aromatic heterocycles. The van der Waals surface area contributed by atoms with Crippen LogP contribution in [-0.2, 0) is 20.6 Å². The largest absolute Gasteiger partial charge is 0.481 e. The lowest BCUT2D eigenvalue weighted by molar-refractivity contribution is -0.127. The zero-order valence-electron chi connectivity index (χ0n) is 17.6. The number of benzene rings is 2. The smallest absolute Gasteiger partial charge is 0.261 e. The third-order valence-corrected chi connectivity index (χ3v) is 7.04. The number of hydrogen-bond donors (Lipinski definition) is 1. The van der Waals surface area contributed by atoms with Gasteiger partial charge >= 0.3 is 0 Å². The van der Waals surface area contributed by atoms with E-state index < -0.39 is 16.1 Å². The first-order valence-electron chi connectivity index (χ1n) is 9.62. The average Bonchev–Trinajstić information content (AvgIpc) is 2.72. The predicted octanol–water partition coefficient (Wildman–Crippen LogP) is 4.08. The Morgan fingerprint density at radius 2 is 1.94 bits per heavy atom. The molecule has 2 aromatic rings. The quantitative estimate of drug-likeness (QED) is 0.482. The fourth-order valence-corrected chi connectivity index (χ4v) is 4.32. The molecule has 0 fully saturated rings. The van der Waals surface area contributed by atoms with E-state index in [9.17, 15) is 17.6 Å². The monoisotopic (exact) mass is 488 g/mol. The number of amides is 1. The van der Waals surface area contributed by atoms with Crippen LogP contribution in [0.25, 0.3) is 0 Å². The molecule has 0 aliphatic heterocycles. The highest BCUT2D eigenvalue weighted by atomic mass is 35.5. The molecule has 31 heavy (non-hydrogen) atoms. The highest BCUT2D eigenvalue weighted by Gasteiger charge is 2.18. The van der Waals surface area contributed by atoms with Crippen molar-refractivity contribution in [3.05, 3.63) is 58.9 Å². The number of carbonyl (C=O) groups excluding carboxylic acids is 1. The zero-order chi connectivity index (χ0) is 23.0. The normalized spacial score (nSPS) is 12.3. The van der Waals surface area contributed by atoms with Crippen molar-refractivity contribution in [3.8, 4) is 5.75 Å². The van der Waals surface area contributed by atoms with E-state index >= 15 is 0 Å². The van der Waals surface area contributed by atoms with E-state index in [-0.39, 0.29) is 11.7 Å². The number of ether oxygens (including phenoxy) is 1. The van der Waals surface area contributed by atoms with Gasteiger partial charge < -0.3 is 10.1 Å². The fourth-order valence-electron chi connectivity index (χ4n) is 2.62. The second kappa shape index (κ2) is 11.6. The lowest BCUT2D eigenvalue weighted by atomic mass is 10.2. The van der Waals surface area contributed by atoms with E-state index in [0.717, 1.165) is 10.6 Å². The van der Waals surface area contributed by atoms with Crippen LogP contribution in [0.4, 0.5) is 10.1 Å². The number of hydrogen-bond acceptors (Lipinski definition) is 5. The third kappa shape index (κ3) is 7.59. The van der Waals surface area contributed by atoms with Crippen LogP contribution in [0.15, 0.2) is 42.5 Å². The highest BCUT2D eigenvalue weighted by molar-refractivity contribution is 7.98. The van der Waals surface area contributed by atoms with Crippen LogP contribution in [0.5, 0.6) is 5.75 Å². The van der Waals surface area contributed by atoms with Crippen LogP contribution in [0.1, 0.15) is 18.9 Å². The molecule has 0 saturated heterocycles. The summed E-state index contributed by atoms with van der Waals surface area (Å²) in [6.07, 6.45) is 0.914. The Hall–Kier alpha value is -1.97. The Kier molecular flexibility index (Phi) is 9.46. The molecule has 0 unspecified atom stereocenters. The van der Waals surface area contributed by atoms with Crippen LogP contribution in [-0.4, -0.2) is 46.0 Å². The SMILES string of the molecule is CC[C@H](Oc1ccc(N(C)S(C)(=O)=O)cc1)C(=O)NCCSCc1c(F)cccc1Cl. The maximum absolute atomic E-state index is 13.8. The number of nitrogens with zero attached hydrogens (tertiary/aromatic N) is 1. The summed E-state index contributed by atoms with van der Waals surface area (Å²) in [6.45, 7) is 2.25. The third-order valence-electron chi connectivity index (χ3n) is 4.49. The minimum Gasteiger partial charge on any atom is -0.481 e. The summed E-state index contributed by atoms with van der Waals surface area (Å²) >= 11 is 7.48. The average molecular weight is 489 g/mol. The molecule has 0 heterocycles. The second-order valence-electron chi connectivity index (χ2n) is 6.78. The molecule has 0 saturated carbocycles. The molecule has 0 aliphatic carbocycles. The minimum absolute atomic E-state index is 0.246. The van der Waals surface area contributed by atoms with Gasteiger partial charge in [-0.3, -0.25) is 9.10 Å². The molecule has 2 aromatic carbocycles. The fraction of sp³-hybridized carbons (Fsp3) is 0.381. The van der Waals surface area contributed by atoms with E-state index in [1.54, 1.807) is 36.4 Å². The van der Waals surface area contributed by atoms with Crippen molar-refractivity contribution in [2.45, 2.75) is 25.2 Å². The van der Waals surface area contributed by atoms with Gasteiger partial charge in [0.05, 0.1) is 11.9 Å². The number of carbonyl (C=O) groups is 1. The first kappa shape index (κ1) is 25.3. The molecule has 170 valence electrons. The van der Waals surface area contributed by atoms with E-state index in [1.807, 2.05) is 6.92 Å². The Bertz CT molecular complexity index is 967. The number of anilines is 1. The lowest BCUT2D eigenvalue weighted by Gasteiger charge is -2.19. The van der Waals surface area contributed by atoms with Gasteiger partial charge in [0.25, 0.3) is 5.91 Å². The topological polar surface area (TPSA) is 75.7 Å². The van der Waals surface area contributed by atoms with Gasteiger partial charge in [0.2, 0.25) is 10.0 Å². The van der Waals surface area contributed by atoms with Gasteiger partial charge in [-0.25, -0.2) is 12.8 Å². The van der Waals surface area contributed by atoms with Crippen molar-refractivity contribution < 1.29 is 22.3 Å². The Morgan fingerprint density at radius 3 is 2.52 bits per heavy atom. The van der Waals surface area contributed by atoms with Gasteiger partial charge in [0.1, 0.15) is 11.6 Å². The molecule has 0 radical (unpaired) electrons. The number of thioether (sulfide) groups is 1. The van der Waals surface area contributed by atoms with Gasteiger partial charge in [0, 0.05) is 35.7 Å². The summed E-state index contributed by atoms with van der Waals surface area (Å²) in [5.74, 6) is 0.903. The van der Waals surface area contributed by atoms with E-state index in [2.05, 4.69) is 5.32 Å². The van der Waals surface area contributed by atoms with Crippen molar-refractivity contribution >= 4 is 45.0 Å². The van der Waals surface area contributed by atoms with Gasteiger partial charge in [0.15, 0.2) is 6.10 Å². The van der Waals surface area contributed by atoms with Crippen LogP contribution in [0.2, 0.25) is 5.02 Å². The maximum Gasteiger partial charge on any atom is 0.261 e. The summed E-state index contributed by atoms with van der Waals surface area (Å²) < 4.78 is 43.9. The van der Waals surface area contributed by atoms with E-state index in [1.165, 1.54) is 24.9 Å². The Balaban J connectivity index is 1.81. The van der Waals surface area contributed by atoms with Crippen LogP contribution in [0, 0.1) is 5.82 Å². The first-order chi connectivity index (χ1) is 14.6. The maximum atomic E-state index is 13.8. The molecular weight excluding hydrogens is 463 g/mol. The van der Waals surface area contributed by atoms with Gasteiger partial charge in [-0.2, -0.15) is 11.8 Å². The van der Waals surface area contributed by atoms with Crippen molar-refractivity contribution in [1.29, 1.82) is 0 Å². The molecule has 1 amide bonds. The molecule has 2 rings (SSSR count). The van der Waals surface area contributed by atoms with Gasteiger partial charge in [-0.05, 0) is 42.8 Å². The van der Waals surface area contributed by atoms with E-state index in [4.69, 9.17) is 16.3 Å². The summed E-state index contributed by atoms with van der Waals surface area (Å²) in [5.41, 5.74) is 0.958. The highest BCUT2D eigenvalue weighted by Crippen LogP contribution is 2.24. The van der Waals surface area contributed by atoms with Crippen LogP contribution >= 0.6 is 23.4 Å². The summed E-state index contributed by atoms with van der Waals surface area (Å²) in [4.78, 5) is 12.4. The van der Waals surface area contributed by atoms with Crippen LogP contribution in [0.3, 0.4) is 0 Å². The molecule has 6 nitrogen and oxygen atoms in total. The summed E-state index contributed by atoms with van der Waals surface area (Å²) in [5, 5.41) is 3.21. The standard InChI is InChI=1S/C21H26ClFN2O4S2/c1-4-20(29-16-10-8-15(9-11-16)25(2)31(3,27)28)21(26)24-12-13-30-14-17-18(22)6-5-7-19(17)23/h5-11,20H,4,12-14H2,1-3H3,(H,24,26)/t20-/m0/s1. The number of halogens is 2. The Morgan fingerprint density at radius 1 is 1.26 bits per heavy atom. The van der Waals surface area contributed by atoms with Crippen molar-refractivity contribution in [2.75, 3.05) is 29.9 Å². The summed E-state index contributed by atoms with van der Waals surface area (Å²) in [6, 6.07) is 11.1. The van der Waals surface area contributed by atoms with Gasteiger partial charge in [-0.15, -0.1) is 0 Å². The number of rotatable bonds is 11. The van der Waals surface area contributed by atoms with Crippen LogP contribution < -0.4 is 14.4 Å². The first-order valence-corrected chi connectivity index (χ1v) is 13.0. The van der Waals surface area contributed by atoms with Crippen molar-refractivity contribution in [1.82, 2.24) is 5.32 Å². The van der Waals surface area contributed by atoms with Crippen molar-refractivity contribution in [2.24, 2.45) is 0 Å². The molecule has 1 atom stereocenters. The number of nitrogens with one attached hydrogen (secondary N) is 1. The minimum atomic E-state index is -3.35. The van der Waals surface area contributed by atoms with Crippen molar-refractivity contribution in [3.63, 3.8) is 0 Å². The second-order valence-corrected chi connectivity index (χ2v) is 10.3. The summed E-state index contributed by atoms with van der Waals surface area (Å²) in [7, 11) is -1.89. The lowest BCUT2D eigenvalue weighted by Crippen LogP contribution is -2.39. The number of sulfonamides is 1. The predicted molar refractivity (Wildman–Crippen MR) is 125 cm³/mol. The molecule has 1 N–H and O–H groups in total. The van der Waals surface area contributed by atoms with Gasteiger partial charge in [-0.1, -0.05) is 24.6 Å². The van der Waals surface area contributed by atoms with E-state index in [0.29, 0.717) is 46.5 Å². The molecular formula is C21H26ClFN2O4S2.